The van der Waals surface area contributed by atoms with Gasteiger partial charge >= 0.3 is 12.1 Å². The average molecular weight is 278 g/mol. The minimum Gasteiger partial charge on any atom is -0.490 e. The van der Waals surface area contributed by atoms with Crippen LogP contribution in [0.5, 0.6) is 5.75 Å². The third-order valence-corrected chi connectivity index (χ3v) is 2.19. The van der Waals surface area contributed by atoms with Crippen LogP contribution < -0.4 is 4.74 Å². The van der Waals surface area contributed by atoms with E-state index in [1.807, 2.05) is 0 Å². The number of hydrogen-bond donors (Lipinski definition) is 1. The molecule has 0 saturated carbocycles. The highest BCUT2D eigenvalue weighted by atomic mass is 19.4. The molecule has 106 valence electrons. The van der Waals surface area contributed by atoms with E-state index in [1.54, 1.807) is 12.1 Å². The van der Waals surface area contributed by atoms with Crippen molar-refractivity contribution in [3.05, 3.63) is 29.8 Å². The van der Waals surface area contributed by atoms with Crippen molar-refractivity contribution in [2.75, 3.05) is 13.7 Å². The third-order valence-electron chi connectivity index (χ3n) is 2.19. The molecule has 1 rings (SSSR count). The number of esters is 1. The molecule has 1 atom stereocenters. The molecule has 7 heteroatoms. The van der Waals surface area contributed by atoms with Crippen LogP contribution in [0.2, 0.25) is 0 Å². The average Bonchev–Trinajstić information content (AvgIpc) is 2.33. The fraction of sp³-hybridized carbons (Fsp3) is 0.417. The second-order valence-corrected chi connectivity index (χ2v) is 3.77. The summed E-state index contributed by atoms with van der Waals surface area (Å²) in [5.74, 6) is -0.600. The lowest BCUT2D eigenvalue weighted by Gasteiger charge is -2.15. The van der Waals surface area contributed by atoms with Crippen LogP contribution in [0, 0.1) is 0 Å². The van der Waals surface area contributed by atoms with Crippen LogP contribution in [-0.4, -0.2) is 37.1 Å². The molecule has 0 aliphatic heterocycles. The molecule has 0 aliphatic rings. The van der Waals surface area contributed by atoms with Crippen LogP contribution in [0.4, 0.5) is 13.2 Å². The monoisotopic (exact) mass is 278 g/mol. The van der Waals surface area contributed by atoms with Gasteiger partial charge in [0.1, 0.15) is 17.9 Å². The van der Waals surface area contributed by atoms with Crippen molar-refractivity contribution in [1.29, 1.82) is 0 Å². The number of aliphatic hydroxyl groups is 1. The van der Waals surface area contributed by atoms with Gasteiger partial charge in [0, 0.05) is 0 Å². The van der Waals surface area contributed by atoms with Gasteiger partial charge in [0.25, 0.3) is 0 Å². The number of para-hydroxylation sites is 1. The van der Waals surface area contributed by atoms with Crippen LogP contribution >= 0.6 is 0 Å². The summed E-state index contributed by atoms with van der Waals surface area (Å²) in [7, 11) is 1.18. The molecule has 1 aromatic rings. The summed E-state index contributed by atoms with van der Waals surface area (Å²) in [6, 6.07) is 5.94. The van der Waals surface area contributed by atoms with E-state index < -0.39 is 31.3 Å². The van der Waals surface area contributed by atoms with E-state index in [0.717, 1.165) is 0 Å². The summed E-state index contributed by atoms with van der Waals surface area (Å²) in [5, 5.41) is 9.17. The Hall–Kier alpha value is -1.76. The molecule has 19 heavy (non-hydrogen) atoms. The van der Waals surface area contributed by atoms with Crippen molar-refractivity contribution in [3.63, 3.8) is 0 Å². The van der Waals surface area contributed by atoms with Gasteiger partial charge in [-0.25, -0.2) is 4.79 Å². The third kappa shape index (κ3) is 5.17. The number of carbonyl (C=O) groups excluding carboxylic acids is 1. The zero-order valence-electron chi connectivity index (χ0n) is 10.1. The van der Waals surface area contributed by atoms with Gasteiger partial charge in [-0.2, -0.15) is 13.2 Å². The van der Waals surface area contributed by atoms with Crippen molar-refractivity contribution in [2.45, 2.75) is 18.7 Å². The number of rotatable bonds is 5. The van der Waals surface area contributed by atoms with Gasteiger partial charge in [0.05, 0.1) is 19.6 Å². The normalized spacial score (nSPS) is 12.9. The smallest absolute Gasteiger partial charge is 0.391 e. The fourth-order valence-corrected chi connectivity index (χ4v) is 1.38. The maximum Gasteiger partial charge on any atom is 0.391 e. The minimum absolute atomic E-state index is 0.0653. The first-order valence-electron chi connectivity index (χ1n) is 5.38. The number of methoxy groups -OCH3 is 1. The van der Waals surface area contributed by atoms with E-state index in [9.17, 15) is 23.1 Å². The van der Waals surface area contributed by atoms with E-state index in [-0.39, 0.29) is 11.3 Å². The predicted octanol–water partition coefficient (Wildman–Crippen LogP) is 2.17. The van der Waals surface area contributed by atoms with Crippen LogP contribution in [0.15, 0.2) is 24.3 Å². The lowest BCUT2D eigenvalue weighted by molar-refractivity contribution is -0.156. The standard InChI is InChI=1S/C12H13F3O4/c1-18-11(17)9-4-2-3-5-10(9)19-7-8(16)6-12(13,14)15/h2-5,8,16H,6-7H2,1H3. The maximum atomic E-state index is 12.0. The quantitative estimate of drug-likeness (QED) is 0.839. The molecule has 1 unspecified atom stereocenters. The Labute approximate surface area is 107 Å². The Morgan fingerprint density at radius 1 is 1.37 bits per heavy atom. The highest BCUT2D eigenvalue weighted by Crippen LogP contribution is 2.23. The van der Waals surface area contributed by atoms with Gasteiger partial charge in [-0.05, 0) is 12.1 Å². The second-order valence-electron chi connectivity index (χ2n) is 3.77. The SMILES string of the molecule is COC(=O)c1ccccc1OCC(O)CC(F)(F)F. The summed E-state index contributed by atoms with van der Waals surface area (Å²) in [5.41, 5.74) is 0.0872. The van der Waals surface area contributed by atoms with Gasteiger partial charge in [0.2, 0.25) is 0 Å². The molecule has 0 heterocycles. The second kappa shape index (κ2) is 6.42. The molecule has 4 nitrogen and oxygen atoms in total. The Morgan fingerprint density at radius 2 is 2.00 bits per heavy atom. The molecule has 0 aliphatic carbocycles. The van der Waals surface area contributed by atoms with Crippen LogP contribution in [0.25, 0.3) is 0 Å². The van der Waals surface area contributed by atoms with Gasteiger partial charge in [-0.15, -0.1) is 0 Å². The van der Waals surface area contributed by atoms with E-state index >= 15 is 0 Å². The number of ether oxygens (including phenoxy) is 2. The van der Waals surface area contributed by atoms with Crippen molar-refractivity contribution < 1.29 is 32.5 Å². The molecule has 0 aromatic heterocycles. The molecule has 0 bridgehead atoms. The number of carbonyl (C=O) groups is 1. The highest BCUT2D eigenvalue weighted by molar-refractivity contribution is 5.92. The lowest BCUT2D eigenvalue weighted by Crippen LogP contribution is -2.25. The number of benzene rings is 1. The molecular formula is C12H13F3O4. The molecular weight excluding hydrogens is 265 g/mol. The summed E-state index contributed by atoms with van der Waals surface area (Å²) < 4.78 is 45.5. The first kappa shape index (κ1) is 15.3. The maximum absolute atomic E-state index is 12.0. The zero-order chi connectivity index (χ0) is 14.5. The molecule has 0 radical (unpaired) electrons. The van der Waals surface area contributed by atoms with E-state index in [4.69, 9.17) is 4.74 Å². The number of aliphatic hydroxyl groups excluding tert-OH is 1. The van der Waals surface area contributed by atoms with Gasteiger partial charge in [-0.3, -0.25) is 0 Å². The van der Waals surface area contributed by atoms with Gasteiger partial charge in [0.15, 0.2) is 0 Å². The molecule has 0 spiro atoms. The van der Waals surface area contributed by atoms with E-state index in [0.29, 0.717) is 0 Å². The van der Waals surface area contributed by atoms with Crippen molar-refractivity contribution in [2.24, 2.45) is 0 Å². The van der Waals surface area contributed by atoms with Crippen LogP contribution in [-0.2, 0) is 4.74 Å². The summed E-state index contributed by atoms with van der Waals surface area (Å²) in [6.45, 7) is -0.562. The first-order chi connectivity index (χ1) is 8.83. The minimum atomic E-state index is -4.47. The molecule has 0 fully saturated rings. The van der Waals surface area contributed by atoms with Crippen molar-refractivity contribution in [3.8, 4) is 5.75 Å². The van der Waals surface area contributed by atoms with E-state index in [2.05, 4.69) is 4.74 Å². The molecule has 0 saturated heterocycles. The summed E-state index contributed by atoms with van der Waals surface area (Å²) in [4.78, 5) is 11.4. The first-order valence-corrected chi connectivity index (χ1v) is 5.38. The number of hydrogen-bond acceptors (Lipinski definition) is 4. The lowest BCUT2D eigenvalue weighted by atomic mass is 10.2. The number of alkyl halides is 3. The van der Waals surface area contributed by atoms with Crippen LogP contribution in [0.1, 0.15) is 16.8 Å². The van der Waals surface area contributed by atoms with Crippen LogP contribution in [0.3, 0.4) is 0 Å². The Kier molecular flexibility index (Phi) is 5.17. The van der Waals surface area contributed by atoms with Crippen molar-refractivity contribution >= 4 is 5.97 Å². The molecule has 0 amide bonds. The summed E-state index contributed by atoms with van der Waals surface area (Å²) in [6.07, 6.45) is -7.52. The zero-order valence-corrected chi connectivity index (χ0v) is 10.1. The Bertz CT molecular complexity index is 431. The molecule has 1 aromatic carbocycles. The predicted molar refractivity (Wildman–Crippen MR) is 60.0 cm³/mol. The largest absolute Gasteiger partial charge is 0.490 e. The van der Waals surface area contributed by atoms with E-state index in [1.165, 1.54) is 19.2 Å². The van der Waals surface area contributed by atoms with Gasteiger partial charge < -0.3 is 14.6 Å². The Morgan fingerprint density at radius 3 is 2.58 bits per heavy atom. The fourth-order valence-electron chi connectivity index (χ4n) is 1.38. The molecule has 1 N–H and O–H groups in total. The summed E-state index contributed by atoms with van der Waals surface area (Å²) >= 11 is 0. The Balaban J connectivity index is 2.65. The van der Waals surface area contributed by atoms with Crippen molar-refractivity contribution in [1.82, 2.24) is 0 Å². The highest BCUT2D eigenvalue weighted by Gasteiger charge is 2.31. The van der Waals surface area contributed by atoms with Gasteiger partial charge in [-0.1, -0.05) is 12.1 Å². The topological polar surface area (TPSA) is 55.8 Å². The number of halogens is 3.